The van der Waals surface area contributed by atoms with E-state index in [1.165, 1.54) is 5.56 Å². The second-order valence-corrected chi connectivity index (χ2v) is 1.65. The summed E-state index contributed by atoms with van der Waals surface area (Å²) < 4.78 is 0. The Morgan fingerprint density at radius 3 is 1.07 bits per heavy atom. The van der Waals surface area contributed by atoms with Gasteiger partial charge in [-0.2, -0.15) is 0 Å². The molecule has 0 amide bonds. The predicted molar refractivity (Wildman–Crippen MR) is 93.3 cm³/mol. The smallest absolute Gasteiger partial charge is 0 e. The first-order valence-electron chi connectivity index (χ1n) is 5.55. The maximum Gasteiger partial charge on any atom is 0 e. The summed E-state index contributed by atoms with van der Waals surface area (Å²) in [4.78, 5) is 0. The SMILES string of the molecule is CC.CC.CC.Cc1ccccc1.II. The van der Waals surface area contributed by atoms with Gasteiger partial charge in [-0.1, -0.05) is 77.4 Å². The lowest BCUT2D eigenvalue weighted by Crippen LogP contribution is -1.62. The number of hydrogen-bond acceptors (Lipinski definition) is 0. The van der Waals surface area contributed by atoms with Gasteiger partial charge < -0.3 is 0 Å². The lowest BCUT2D eigenvalue weighted by molar-refractivity contribution is 1.48. The first-order valence-corrected chi connectivity index (χ1v) is 11.8. The number of hydrogen-bond donors (Lipinski definition) is 0. The Morgan fingerprint density at radius 1 is 0.667 bits per heavy atom. The van der Waals surface area contributed by atoms with E-state index in [2.05, 4.69) is 56.3 Å². The van der Waals surface area contributed by atoms with Gasteiger partial charge in [0, 0.05) is 37.2 Å². The van der Waals surface area contributed by atoms with Crippen LogP contribution in [0.3, 0.4) is 0 Å². The van der Waals surface area contributed by atoms with Gasteiger partial charge in [-0.3, -0.25) is 0 Å². The fraction of sp³-hybridized carbons (Fsp3) is 0.538. The summed E-state index contributed by atoms with van der Waals surface area (Å²) >= 11 is 4.24. The van der Waals surface area contributed by atoms with Crippen molar-refractivity contribution in [2.75, 3.05) is 0 Å². The molecule has 0 saturated heterocycles. The molecule has 0 spiro atoms. The second kappa shape index (κ2) is 36.5. The molecule has 2 heteroatoms. The summed E-state index contributed by atoms with van der Waals surface area (Å²) in [6.45, 7) is 14.1. The van der Waals surface area contributed by atoms with Gasteiger partial charge in [0.25, 0.3) is 0 Å². The van der Waals surface area contributed by atoms with Crippen LogP contribution in [0.5, 0.6) is 0 Å². The average Bonchev–Trinajstić information content (AvgIpc) is 2.40. The molecule has 0 aromatic heterocycles. The third kappa shape index (κ3) is 31.3. The molecular weight excluding hydrogens is 410 g/mol. The number of rotatable bonds is 0. The molecule has 1 rings (SSSR count). The van der Waals surface area contributed by atoms with Crippen molar-refractivity contribution in [1.29, 1.82) is 0 Å². The fourth-order valence-electron chi connectivity index (χ4n) is 0.534. The topological polar surface area (TPSA) is 0 Å². The number of aryl methyl sites for hydroxylation is 1. The van der Waals surface area contributed by atoms with Crippen LogP contribution in [0.15, 0.2) is 30.3 Å². The van der Waals surface area contributed by atoms with Gasteiger partial charge in [-0.05, 0) is 6.92 Å². The normalized spacial score (nSPS) is 5.67. The Hall–Kier alpha value is 0.680. The van der Waals surface area contributed by atoms with Gasteiger partial charge in [-0.25, -0.2) is 0 Å². The Bertz CT molecular complexity index is 138. The van der Waals surface area contributed by atoms with E-state index in [9.17, 15) is 0 Å². The van der Waals surface area contributed by atoms with Crippen LogP contribution >= 0.6 is 37.2 Å². The molecule has 0 saturated carbocycles. The number of halogens is 2. The summed E-state index contributed by atoms with van der Waals surface area (Å²) in [5, 5.41) is 0. The summed E-state index contributed by atoms with van der Waals surface area (Å²) in [6, 6.07) is 10.3. The molecule has 1 aromatic rings. The molecule has 0 N–H and O–H groups in total. The highest BCUT2D eigenvalue weighted by atomic mass is 128. The largest absolute Gasteiger partial charge is 0.0683 e. The number of benzene rings is 1. The van der Waals surface area contributed by atoms with E-state index < -0.39 is 0 Å². The Morgan fingerprint density at radius 2 is 0.933 bits per heavy atom. The molecule has 0 heterocycles. The van der Waals surface area contributed by atoms with Gasteiger partial charge in [0.1, 0.15) is 0 Å². The first kappa shape index (κ1) is 24.8. The Kier molecular flexibility index (Phi) is 60.2. The molecule has 1 aromatic carbocycles. The zero-order chi connectivity index (χ0) is 13.1. The van der Waals surface area contributed by atoms with Crippen molar-refractivity contribution in [3.63, 3.8) is 0 Å². The van der Waals surface area contributed by atoms with Gasteiger partial charge in [0.15, 0.2) is 0 Å². The van der Waals surface area contributed by atoms with Gasteiger partial charge in [0.05, 0.1) is 0 Å². The minimum Gasteiger partial charge on any atom is -0.0683 e. The van der Waals surface area contributed by atoms with E-state index in [1.54, 1.807) is 0 Å². The predicted octanol–water partition coefficient (Wildman–Crippen LogP) is 6.85. The van der Waals surface area contributed by atoms with Gasteiger partial charge in [-0.15, -0.1) is 0 Å². The van der Waals surface area contributed by atoms with Crippen molar-refractivity contribution in [2.24, 2.45) is 0 Å². The van der Waals surface area contributed by atoms with Crippen molar-refractivity contribution in [1.82, 2.24) is 0 Å². The van der Waals surface area contributed by atoms with Crippen LogP contribution in [-0.2, 0) is 0 Å². The van der Waals surface area contributed by atoms with Crippen molar-refractivity contribution in [3.8, 4) is 0 Å². The Labute approximate surface area is 121 Å². The van der Waals surface area contributed by atoms with Crippen LogP contribution in [0.25, 0.3) is 0 Å². The standard InChI is InChI=1S/C7H8.3C2H6.I2/c1-7-5-3-2-4-6-7;4*1-2/h2-6H,1H3;3*1-2H3;. The molecule has 0 bridgehead atoms. The molecule has 92 valence electrons. The average molecular weight is 436 g/mol. The van der Waals surface area contributed by atoms with Crippen molar-refractivity contribution in [2.45, 2.75) is 48.5 Å². The van der Waals surface area contributed by atoms with Crippen molar-refractivity contribution in [3.05, 3.63) is 35.9 Å². The van der Waals surface area contributed by atoms with Gasteiger partial charge in [0.2, 0.25) is 0 Å². The first-order chi connectivity index (χ1) is 7.39. The third-order valence-electron chi connectivity index (χ3n) is 0.940. The molecule has 0 atom stereocenters. The highest BCUT2D eigenvalue weighted by Crippen LogP contribution is 1.92. The van der Waals surface area contributed by atoms with Crippen molar-refractivity contribution < 1.29 is 0 Å². The zero-order valence-electron chi connectivity index (χ0n) is 11.1. The van der Waals surface area contributed by atoms with Crippen LogP contribution in [0.2, 0.25) is 0 Å². The summed E-state index contributed by atoms with van der Waals surface area (Å²) in [7, 11) is 0. The minimum atomic E-state index is 1.32. The van der Waals surface area contributed by atoms with E-state index >= 15 is 0 Å². The van der Waals surface area contributed by atoms with Crippen molar-refractivity contribution >= 4 is 37.2 Å². The lowest BCUT2D eigenvalue weighted by atomic mass is 10.2. The van der Waals surface area contributed by atoms with Crippen LogP contribution in [0.4, 0.5) is 0 Å². The highest BCUT2D eigenvalue weighted by molar-refractivity contribution is 15.0. The Balaban J connectivity index is -0.0000000650. The monoisotopic (exact) mass is 436 g/mol. The highest BCUT2D eigenvalue weighted by Gasteiger charge is 1.72. The van der Waals surface area contributed by atoms with Gasteiger partial charge >= 0.3 is 0 Å². The van der Waals surface area contributed by atoms with E-state index in [1.807, 2.05) is 59.7 Å². The van der Waals surface area contributed by atoms with Crippen LogP contribution < -0.4 is 0 Å². The molecule has 0 aliphatic rings. The van der Waals surface area contributed by atoms with E-state index in [0.717, 1.165) is 0 Å². The molecule has 15 heavy (non-hydrogen) atoms. The fourth-order valence-corrected chi connectivity index (χ4v) is 0.534. The molecule has 0 radical (unpaired) electrons. The minimum absolute atomic E-state index is 1.32. The maximum atomic E-state index is 2.12. The van der Waals surface area contributed by atoms with E-state index in [-0.39, 0.29) is 0 Å². The maximum absolute atomic E-state index is 2.12. The second-order valence-electron chi connectivity index (χ2n) is 1.65. The molecule has 0 aliphatic carbocycles. The molecule has 0 nitrogen and oxygen atoms in total. The summed E-state index contributed by atoms with van der Waals surface area (Å²) in [6.07, 6.45) is 0. The molecular formula is C13H26I2. The zero-order valence-corrected chi connectivity index (χ0v) is 15.5. The summed E-state index contributed by atoms with van der Waals surface area (Å²) in [5.41, 5.74) is 1.32. The van der Waals surface area contributed by atoms with Crippen LogP contribution in [0, 0.1) is 6.92 Å². The molecule has 0 unspecified atom stereocenters. The third-order valence-corrected chi connectivity index (χ3v) is 0.940. The van der Waals surface area contributed by atoms with E-state index in [4.69, 9.17) is 0 Å². The lowest BCUT2D eigenvalue weighted by Gasteiger charge is -1.82. The van der Waals surface area contributed by atoms with Crippen LogP contribution in [0.1, 0.15) is 47.1 Å². The molecule has 0 fully saturated rings. The van der Waals surface area contributed by atoms with E-state index in [0.29, 0.717) is 0 Å². The van der Waals surface area contributed by atoms with Crippen LogP contribution in [-0.4, -0.2) is 0 Å². The quantitative estimate of drug-likeness (QED) is 0.391. The summed E-state index contributed by atoms with van der Waals surface area (Å²) in [5.74, 6) is 0. The molecule has 0 aliphatic heterocycles.